The first-order valence-corrected chi connectivity index (χ1v) is 6.12. The molecule has 1 aromatic rings. The first kappa shape index (κ1) is 17.2. The lowest BCUT2D eigenvalue weighted by Gasteiger charge is -2.14. The van der Waals surface area contributed by atoms with E-state index in [0.717, 1.165) is 10.0 Å². The highest BCUT2D eigenvalue weighted by Crippen LogP contribution is 2.28. The summed E-state index contributed by atoms with van der Waals surface area (Å²) in [5, 5.41) is 0. The number of hydrogen-bond donors (Lipinski definition) is 1. The van der Waals surface area contributed by atoms with Gasteiger partial charge in [-0.25, -0.2) is 0 Å². The van der Waals surface area contributed by atoms with Crippen LogP contribution in [0, 0.1) is 0 Å². The molecule has 0 aliphatic rings. The number of esters is 1. The van der Waals surface area contributed by atoms with Crippen molar-refractivity contribution < 1.29 is 14.3 Å². The molecule has 0 radical (unpaired) electrons. The molecule has 102 valence electrons. The van der Waals surface area contributed by atoms with E-state index in [1.165, 1.54) is 0 Å². The predicted octanol–water partition coefficient (Wildman–Crippen LogP) is 2.83. The molecule has 1 aromatic carbocycles. The summed E-state index contributed by atoms with van der Waals surface area (Å²) in [6.07, 6.45) is 0.152. The van der Waals surface area contributed by atoms with Crippen molar-refractivity contribution in [1.29, 1.82) is 0 Å². The van der Waals surface area contributed by atoms with Crippen molar-refractivity contribution in [2.45, 2.75) is 19.4 Å². The lowest BCUT2D eigenvalue weighted by molar-refractivity contribution is -0.143. The van der Waals surface area contributed by atoms with Gasteiger partial charge in [0, 0.05) is 10.5 Å². The number of ether oxygens (including phenoxy) is 2. The average molecular weight is 339 g/mol. The zero-order valence-corrected chi connectivity index (χ0v) is 12.7. The van der Waals surface area contributed by atoms with Crippen LogP contribution in [0.15, 0.2) is 22.7 Å². The number of benzene rings is 1. The number of nitrogens with two attached hydrogens (primary N) is 1. The first-order valence-electron chi connectivity index (χ1n) is 5.33. The van der Waals surface area contributed by atoms with Crippen LogP contribution in [0.25, 0.3) is 0 Å². The van der Waals surface area contributed by atoms with Crippen molar-refractivity contribution >= 4 is 34.3 Å². The van der Waals surface area contributed by atoms with Gasteiger partial charge >= 0.3 is 5.97 Å². The van der Waals surface area contributed by atoms with Crippen LogP contribution in [0.4, 0.5) is 0 Å². The van der Waals surface area contributed by atoms with Crippen LogP contribution in [0.5, 0.6) is 5.75 Å². The molecule has 1 rings (SSSR count). The molecule has 0 amide bonds. The zero-order chi connectivity index (χ0) is 12.8. The fourth-order valence-electron chi connectivity index (χ4n) is 1.44. The Bertz CT molecular complexity index is 401. The van der Waals surface area contributed by atoms with Crippen LogP contribution in [0.3, 0.4) is 0 Å². The fraction of sp³-hybridized carbons (Fsp3) is 0.417. The average Bonchev–Trinajstić information content (AvgIpc) is 2.29. The molecule has 18 heavy (non-hydrogen) atoms. The Labute approximate surface area is 121 Å². The summed E-state index contributed by atoms with van der Waals surface area (Å²) in [7, 11) is 1.59. The highest BCUT2D eigenvalue weighted by molar-refractivity contribution is 9.10. The van der Waals surface area contributed by atoms with Crippen molar-refractivity contribution in [1.82, 2.24) is 0 Å². The molecule has 6 heteroatoms. The molecule has 0 bridgehead atoms. The van der Waals surface area contributed by atoms with Crippen LogP contribution in [-0.4, -0.2) is 19.7 Å². The van der Waals surface area contributed by atoms with Gasteiger partial charge in [-0.1, -0.05) is 15.9 Å². The Balaban J connectivity index is 0.00000289. The van der Waals surface area contributed by atoms with Gasteiger partial charge in [0.2, 0.25) is 0 Å². The van der Waals surface area contributed by atoms with E-state index in [2.05, 4.69) is 15.9 Å². The standard InChI is InChI=1S/C12H16BrNO3.ClH/c1-3-17-12(15)7-11(14)9-6-8(16-2)4-5-10(9)13;/h4-6,11H,3,7,14H2,1-2H3;1H/t11-;/m1./s1. The van der Waals surface area contributed by atoms with Crippen molar-refractivity contribution in [3.05, 3.63) is 28.2 Å². The van der Waals surface area contributed by atoms with E-state index in [4.69, 9.17) is 15.2 Å². The normalized spacial score (nSPS) is 11.3. The number of methoxy groups -OCH3 is 1. The van der Waals surface area contributed by atoms with Gasteiger partial charge in [0.25, 0.3) is 0 Å². The van der Waals surface area contributed by atoms with Gasteiger partial charge in [-0.05, 0) is 30.7 Å². The van der Waals surface area contributed by atoms with E-state index >= 15 is 0 Å². The van der Waals surface area contributed by atoms with Gasteiger partial charge in [-0.3, -0.25) is 4.79 Å². The second kappa shape index (κ2) is 8.34. The van der Waals surface area contributed by atoms with E-state index in [-0.39, 0.29) is 24.8 Å². The Kier molecular flexibility index (Phi) is 7.98. The van der Waals surface area contributed by atoms with Crippen LogP contribution in [0.1, 0.15) is 24.9 Å². The monoisotopic (exact) mass is 337 g/mol. The third-order valence-corrected chi connectivity index (χ3v) is 3.02. The summed E-state index contributed by atoms with van der Waals surface area (Å²) in [5.74, 6) is 0.414. The van der Waals surface area contributed by atoms with Gasteiger partial charge < -0.3 is 15.2 Å². The maximum atomic E-state index is 11.3. The van der Waals surface area contributed by atoms with Gasteiger partial charge in [0.05, 0.1) is 20.1 Å². The molecular formula is C12H17BrClNO3. The van der Waals surface area contributed by atoms with Gasteiger partial charge in [-0.2, -0.15) is 0 Å². The molecule has 0 spiro atoms. The molecule has 1 atom stereocenters. The molecule has 4 nitrogen and oxygen atoms in total. The highest BCUT2D eigenvalue weighted by Gasteiger charge is 2.15. The predicted molar refractivity (Wildman–Crippen MR) is 76.1 cm³/mol. The van der Waals surface area contributed by atoms with Crippen molar-refractivity contribution in [3.63, 3.8) is 0 Å². The van der Waals surface area contributed by atoms with Gasteiger partial charge in [0.1, 0.15) is 5.75 Å². The molecule has 0 aliphatic heterocycles. The summed E-state index contributed by atoms with van der Waals surface area (Å²) in [6.45, 7) is 2.13. The lowest BCUT2D eigenvalue weighted by atomic mass is 10.0. The SMILES string of the molecule is CCOC(=O)C[C@@H](N)c1cc(OC)ccc1Br.Cl. The molecule has 0 fully saturated rings. The summed E-state index contributed by atoms with van der Waals surface area (Å²) < 4.78 is 10.8. The minimum absolute atomic E-state index is 0. The third-order valence-electron chi connectivity index (χ3n) is 2.29. The van der Waals surface area contributed by atoms with E-state index in [0.29, 0.717) is 12.4 Å². The number of carbonyl (C=O) groups is 1. The lowest BCUT2D eigenvalue weighted by Crippen LogP contribution is -2.17. The Morgan fingerprint density at radius 3 is 2.72 bits per heavy atom. The summed E-state index contributed by atoms with van der Waals surface area (Å²) in [4.78, 5) is 11.3. The molecule has 2 N–H and O–H groups in total. The quantitative estimate of drug-likeness (QED) is 0.839. The summed E-state index contributed by atoms with van der Waals surface area (Å²) in [5.41, 5.74) is 6.80. The Hall–Kier alpha value is -0.780. The molecule has 0 aliphatic carbocycles. The maximum absolute atomic E-state index is 11.3. The molecule has 0 aromatic heterocycles. The highest BCUT2D eigenvalue weighted by atomic mass is 79.9. The fourth-order valence-corrected chi connectivity index (χ4v) is 1.98. The van der Waals surface area contributed by atoms with Gasteiger partial charge in [0.15, 0.2) is 0 Å². The summed E-state index contributed by atoms with van der Waals surface area (Å²) >= 11 is 3.40. The number of hydrogen-bond acceptors (Lipinski definition) is 4. The summed E-state index contributed by atoms with van der Waals surface area (Å²) in [6, 6.07) is 5.08. The zero-order valence-electron chi connectivity index (χ0n) is 10.3. The van der Waals surface area contributed by atoms with Crippen LogP contribution < -0.4 is 10.5 Å². The second-order valence-electron chi connectivity index (χ2n) is 3.50. The van der Waals surface area contributed by atoms with Crippen LogP contribution in [0.2, 0.25) is 0 Å². The topological polar surface area (TPSA) is 61.5 Å². The smallest absolute Gasteiger partial charge is 0.307 e. The number of rotatable bonds is 5. The minimum atomic E-state index is -0.404. The van der Waals surface area contributed by atoms with Gasteiger partial charge in [-0.15, -0.1) is 12.4 Å². The number of carbonyl (C=O) groups excluding carboxylic acids is 1. The van der Waals surface area contributed by atoms with E-state index in [1.54, 1.807) is 14.0 Å². The third kappa shape index (κ3) is 4.84. The first-order chi connectivity index (χ1) is 8.08. The van der Waals surface area contributed by atoms with E-state index in [1.807, 2.05) is 18.2 Å². The molecule has 0 heterocycles. The van der Waals surface area contributed by atoms with Crippen molar-refractivity contribution in [2.75, 3.05) is 13.7 Å². The van der Waals surface area contributed by atoms with Crippen molar-refractivity contribution in [3.8, 4) is 5.75 Å². The largest absolute Gasteiger partial charge is 0.497 e. The minimum Gasteiger partial charge on any atom is -0.497 e. The van der Waals surface area contributed by atoms with Crippen LogP contribution >= 0.6 is 28.3 Å². The second-order valence-corrected chi connectivity index (χ2v) is 4.36. The van der Waals surface area contributed by atoms with E-state index in [9.17, 15) is 4.79 Å². The Morgan fingerprint density at radius 2 is 2.17 bits per heavy atom. The molecule has 0 saturated carbocycles. The van der Waals surface area contributed by atoms with E-state index < -0.39 is 6.04 Å². The number of halogens is 2. The molecular weight excluding hydrogens is 321 g/mol. The molecule has 0 unspecified atom stereocenters. The van der Waals surface area contributed by atoms with Crippen LogP contribution in [-0.2, 0) is 9.53 Å². The maximum Gasteiger partial charge on any atom is 0.307 e. The Morgan fingerprint density at radius 1 is 1.50 bits per heavy atom. The molecule has 0 saturated heterocycles. The van der Waals surface area contributed by atoms with Crippen molar-refractivity contribution in [2.24, 2.45) is 5.73 Å².